The molecule has 2 heterocycles. The first-order valence-electron chi connectivity index (χ1n) is 7.17. The van der Waals surface area contributed by atoms with Gasteiger partial charge in [-0.25, -0.2) is 0 Å². The van der Waals surface area contributed by atoms with Gasteiger partial charge in [-0.1, -0.05) is 26.0 Å². The summed E-state index contributed by atoms with van der Waals surface area (Å²) in [7, 11) is 0. The molecular weight excluding hydrogens is 240 g/mol. The van der Waals surface area contributed by atoms with Gasteiger partial charge >= 0.3 is 0 Å². The van der Waals surface area contributed by atoms with Crippen LogP contribution in [0.15, 0.2) is 23.8 Å². The van der Waals surface area contributed by atoms with Crippen LogP contribution in [-0.2, 0) is 14.3 Å². The van der Waals surface area contributed by atoms with Gasteiger partial charge in [-0.05, 0) is 24.5 Å². The molecule has 0 aromatic rings. The van der Waals surface area contributed by atoms with Crippen molar-refractivity contribution in [2.75, 3.05) is 13.2 Å². The van der Waals surface area contributed by atoms with Crippen molar-refractivity contribution < 1.29 is 14.3 Å². The fraction of sp³-hybridized carbons (Fsp3) is 0.688. The van der Waals surface area contributed by atoms with Crippen molar-refractivity contribution >= 4 is 5.78 Å². The Balaban J connectivity index is 1.92. The molecule has 0 radical (unpaired) electrons. The van der Waals surface area contributed by atoms with Crippen LogP contribution in [0.1, 0.15) is 33.1 Å². The zero-order valence-electron chi connectivity index (χ0n) is 11.6. The molecular formula is C16H20O3. The van der Waals surface area contributed by atoms with Crippen LogP contribution in [0.4, 0.5) is 0 Å². The molecule has 2 aliphatic carbocycles. The summed E-state index contributed by atoms with van der Waals surface area (Å²) in [5, 5.41) is 0. The lowest BCUT2D eigenvalue weighted by Crippen LogP contribution is -2.49. The number of hydrogen-bond acceptors (Lipinski definition) is 3. The standard InChI is InChI=1S/C16H20O3/c1-14(2)5-3-6-15-9-18-10-16(19-13(14)15)7-4-11(17)8-12(15)16/h3,5,8,13H,4,6-7,9-10H2,1-2H3/t13?,15?,16-/m0/s1. The van der Waals surface area contributed by atoms with Crippen LogP contribution in [0, 0.1) is 10.8 Å². The van der Waals surface area contributed by atoms with Crippen LogP contribution in [0.5, 0.6) is 0 Å². The van der Waals surface area contributed by atoms with E-state index in [-0.39, 0.29) is 28.3 Å². The molecule has 2 aliphatic heterocycles. The highest BCUT2D eigenvalue weighted by molar-refractivity contribution is 5.92. The first kappa shape index (κ1) is 11.9. The van der Waals surface area contributed by atoms with Crippen molar-refractivity contribution in [1.82, 2.24) is 0 Å². The zero-order valence-corrected chi connectivity index (χ0v) is 11.6. The molecule has 3 atom stereocenters. The molecule has 1 spiro atoms. The van der Waals surface area contributed by atoms with E-state index in [2.05, 4.69) is 26.0 Å². The quantitative estimate of drug-likeness (QED) is 0.627. The third-order valence-electron chi connectivity index (χ3n) is 5.35. The highest BCUT2D eigenvalue weighted by atomic mass is 16.6. The van der Waals surface area contributed by atoms with E-state index in [9.17, 15) is 4.79 Å². The van der Waals surface area contributed by atoms with Gasteiger partial charge in [0.15, 0.2) is 5.78 Å². The molecule has 4 rings (SSSR count). The van der Waals surface area contributed by atoms with Crippen LogP contribution in [0.3, 0.4) is 0 Å². The van der Waals surface area contributed by atoms with Crippen molar-refractivity contribution in [2.24, 2.45) is 10.8 Å². The van der Waals surface area contributed by atoms with Gasteiger partial charge in [0.05, 0.1) is 19.3 Å². The summed E-state index contributed by atoms with van der Waals surface area (Å²) in [6, 6.07) is 0. The number of hydrogen-bond donors (Lipinski definition) is 0. The Morgan fingerprint density at radius 1 is 1.32 bits per heavy atom. The van der Waals surface area contributed by atoms with Crippen LogP contribution in [0.2, 0.25) is 0 Å². The van der Waals surface area contributed by atoms with E-state index in [4.69, 9.17) is 9.47 Å². The fourth-order valence-electron chi connectivity index (χ4n) is 4.56. The second-order valence-corrected chi connectivity index (χ2v) is 7.09. The number of ketones is 1. The molecule has 2 fully saturated rings. The molecule has 2 saturated heterocycles. The molecule has 3 heteroatoms. The SMILES string of the molecule is CC1(C)C=CCC23COC[C@]4(CCC(=O)C=C24)OC13. The molecule has 0 aromatic heterocycles. The van der Waals surface area contributed by atoms with E-state index in [1.165, 1.54) is 5.57 Å². The number of rotatable bonds is 0. The van der Waals surface area contributed by atoms with E-state index in [1.807, 2.05) is 6.08 Å². The topological polar surface area (TPSA) is 35.5 Å². The summed E-state index contributed by atoms with van der Waals surface area (Å²) < 4.78 is 12.4. The van der Waals surface area contributed by atoms with Crippen LogP contribution < -0.4 is 0 Å². The summed E-state index contributed by atoms with van der Waals surface area (Å²) in [6.45, 7) is 5.74. The Kier molecular flexibility index (Phi) is 2.12. The first-order chi connectivity index (χ1) is 8.99. The largest absolute Gasteiger partial charge is 0.377 e. The molecule has 2 unspecified atom stereocenters. The van der Waals surface area contributed by atoms with Crippen LogP contribution >= 0.6 is 0 Å². The Labute approximate surface area is 113 Å². The lowest BCUT2D eigenvalue weighted by molar-refractivity contribution is -0.121. The second-order valence-electron chi connectivity index (χ2n) is 7.09. The van der Waals surface area contributed by atoms with E-state index in [0.717, 1.165) is 12.8 Å². The minimum absolute atomic E-state index is 0.000176. The average molecular weight is 260 g/mol. The van der Waals surface area contributed by atoms with Gasteiger partial charge in [-0.3, -0.25) is 4.79 Å². The number of ether oxygens (including phenoxy) is 2. The first-order valence-corrected chi connectivity index (χ1v) is 7.17. The monoisotopic (exact) mass is 260 g/mol. The van der Waals surface area contributed by atoms with Crippen molar-refractivity contribution in [3.63, 3.8) is 0 Å². The summed E-state index contributed by atoms with van der Waals surface area (Å²) in [6.07, 6.45) is 8.81. The highest BCUT2D eigenvalue weighted by Gasteiger charge is 2.66. The second kappa shape index (κ2) is 3.39. The molecule has 0 aromatic carbocycles. The lowest BCUT2D eigenvalue weighted by Gasteiger charge is -2.46. The third kappa shape index (κ3) is 1.33. The molecule has 2 bridgehead atoms. The van der Waals surface area contributed by atoms with Gasteiger partial charge in [0.1, 0.15) is 5.60 Å². The van der Waals surface area contributed by atoms with Gasteiger partial charge in [0, 0.05) is 17.3 Å². The minimum atomic E-state index is -0.319. The summed E-state index contributed by atoms with van der Waals surface area (Å²) >= 11 is 0. The Morgan fingerprint density at radius 2 is 2.16 bits per heavy atom. The minimum Gasteiger partial charge on any atom is -0.377 e. The Morgan fingerprint density at radius 3 is 3.00 bits per heavy atom. The molecule has 3 nitrogen and oxygen atoms in total. The van der Waals surface area contributed by atoms with E-state index < -0.39 is 0 Å². The summed E-state index contributed by atoms with van der Waals surface area (Å²) in [5.41, 5.74) is 0.803. The van der Waals surface area contributed by atoms with Crippen molar-refractivity contribution in [1.29, 1.82) is 0 Å². The summed E-state index contributed by atoms with van der Waals surface area (Å²) in [5.74, 6) is 0.253. The summed E-state index contributed by atoms with van der Waals surface area (Å²) in [4.78, 5) is 11.9. The third-order valence-corrected chi connectivity index (χ3v) is 5.35. The van der Waals surface area contributed by atoms with Crippen LogP contribution in [0.25, 0.3) is 0 Å². The van der Waals surface area contributed by atoms with E-state index in [1.54, 1.807) is 0 Å². The Bertz CT molecular complexity index is 516. The van der Waals surface area contributed by atoms with E-state index >= 15 is 0 Å². The molecule has 4 aliphatic rings. The van der Waals surface area contributed by atoms with Gasteiger partial charge < -0.3 is 9.47 Å². The average Bonchev–Trinajstić information content (AvgIpc) is 2.52. The molecule has 0 saturated carbocycles. The molecule has 19 heavy (non-hydrogen) atoms. The van der Waals surface area contributed by atoms with Gasteiger partial charge in [0.25, 0.3) is 0 Å². The molecule has 0 N–H and O–H groups in total. The predicted molar refractivity (Wildman–Crippen MR) is 70.7 cm³/mol. The zero-order chi connectivity index (χ0) is 13.3. The number of carbonyl (C=O) groups is 1. The Hall–Kier alpha value is -0.930. The predicted octanol–water partition coefficient (Wildman–Crippen LogP) is 2.42. The maximum Gasteiger partial charge on any atom is 0.155 e. The smallest absolute Gasteiger partial charge is 0.155 e. The van der Waals surface area contributed by atoms with Crippen molar-refractivity contribution in [2.45, 2.75) is 44.8 Å². The van der Waals surface area contributed by atoms with Gasteiger partial charge in [-0.2, -0.15) is 0 Å². The number of carbonyl (C=O) groups excluding carboxylic acids is 1. The number of allylic oxidation sites excluding steroid dienone is 2. The van der Waals surface area contributed by atoms with Crippen molar-refractivity contribution in [3.05, 3.63) is 23.8 Å². The molecule has 0 amide bonds. The maximum absolute atomic E-state index is 11.9. The van der Waals surface area contributed by atoms with E-state index in [0.29, 0.717) is 19.6 Å². The van der Waals surface area contributed by atoms with Crippen LogP contribution in [-0.4, -0.2) is 30.7 Å². The van der Waals surface area contributed by atoms with Crippen molar-refractivity contribution in [3.8, 4) is 0 Å². The lowest BCUT2D eigenvalue weighted by atomic mass is 9.59. The highest BCUT2D eigenvalue weighted by Crippen LogP contribution is 2.62. The normalized spacial score (nSPS) is 46.5. The molecule has 102 valence electrons. The fourth-order valence-corrected chi connectivity index (χ4v) is 4.56. The van der Waals surface area contributed by atoms with Gasteiger partial charge in [0.2, 0.25) is 0 Å². The van der Waals surface area contributed by atoms with Gasteiger partial charge in [-0.15, -0.1) is 0 Å². The maximum atomic E-state index is 11.9.